The van der Waals surface area contributed by atoms with Gasteiger partial charge in [0.05, 0.1) is 0 Å². The van der Waals surface area contributed by atoms with E-state index >= 15 is 0 Å². The van der Waals surface area contributed by atoms with Crippen molar-refractivity contribution in [3.05, 3.63) is 35.9 Å². The van der Waals surface area contributed by atoms with Crippen LogP contribution in [0.15, 0.2) is 30.3 Å². The first-order valence-corrected chi connectivity index (χ1v) is 7.17. The second-order valence-electron chi connectivity index (χ2n) is 4.15. The van der Waals surface area contributed by atoms with Gasteiger partial charge in [-0.3, -0.25) is 0 Å². The molecule has 0 heterocycles. The van der Waals surface area contributed by atoms with Crippen LogP contribution < -0.4 is 4.90 Å². The molecule has 1 N–H and O–H groups in total. The van der Waals surface area contributed by atoms with Crippen molar-refractivity contribution in [3.8, 4) is 0 Å². The Morgan fingerprint density at radius 1 is 1.50 bits per heavy atom. The lowest BCUT2D eigenvalue weighted by atomic mass is 10.1. The number of carboxylic acid groups (broad SMARTS) is 1. The molecule has 98 valence electrons. The van der Waals surface area contributed by atoms with Crippen LogP contribution in [0, 0.1) is 0 Å². The van der Waals surface area contributed by atoms with E-state index in [0.29, 0.717) is 6.04 Å². The summed E-state index contributed by atoms with van der Waals surface area (Å²) in [6.07, 6.45) is 4.90. The van der Waals surface area contributed by atoms with Crippen LogP contribution in [0.5, 0.6) is 0 Å². The molecule has 1 aromatic carbocycles. The van der Waals surface area contributed by atoms with E-state index in [1.54, 1.807) is 17.8 Å². The number of benzene rings is 1. The molecule has 0 aliphatic carbocycles. The van der Waals surface area contributed by atoms with Gasteiger partial charge in [0.25, 0.3) is 0 Å². The summed E-state index contributed by atoms with van der Waals surface area (Å²) < 4.78 is 0. The Balaban J connectivity index is 2.97. The second-order valence-corrected chi connectivity index (χ2v) is 5.06. The summed E-state index contributed by atoms with van der Waals surface area (Å²) in [5, 5.41) is 8.69. The molecule has 0 fully saturated rings. The zero-order chi connectivity index (χ0) is 13.5. The van der Waals surface area contributed by atoms with Crippen LogP contribution in [0.2, 0.25) is 0 Å². The summed E-state index contributed by atoms with van der Waals surface area (Å²) in [4.78, 5) is 12.8. The lowest BCUT2D eigenvalue weighted by Crippen LogP contribution is -2.31. The van der Waals surface area contributed by atoms with Gasteiger partial charge in [-0.1, -0.05) is 18.2 Å². The number of anilines is 1. The molecule has 0 aromatic heterocycles. The Labute approximate surface area is 113 Å². The minimum absolute atomic E-state index is 0.402. The number of carbonyl (C=O) groups is 1. The first kappa shape index (κ1) is 14.6. The van der Waals surface area contributed by atoms with Gasteiger partial charge in [0.2, 0.25) is 0 Å². The fraction of sp³-hybridized carbons (Fsp3) is 0.357. The number of aliphatic carboxylic acids is 1. The normalized spacial score (nSPS) is 12.6. The summed E-state index contributed by atoms with van der Waals surface area (Å²) in [7, 11) is 2.04. The van der Waals surface area contributed by atoms with Crippen LogP contribution in [0.25, 0.3) is 6.08 Å². The van der Waals surface area contributed by atoms with Crippen LogP contribution in [-0.2, 0) is 4.79 Å². The summed E-state index contributed by atoms with van der Waals surface area (Å²) in [5.74, 6) is 0.109. The predicted octanol–water partition coefficient (Wildman–Crippen LogP) is 2.97. The Kier molecular flexibility index (Phi) is 5.78. The van der Waals surface area contributed by atoms with Crippen LogP contribution in [0.1, 0.15) is 12.5 Å². The molecule has 0 saturated heterocycles. The Morgan fingerprint density at radius 2 is 2.17 bits per heavy atom. The molecule has 18 heavy (non-hydrogen) atoms. The lowest BCUT2D eigenvalue weighted by Gasteiger charge is -2.28. The number of thioether (sulfide) groups is 1. The smallest absolute Gasteiger partial charge is 0.328 e. The van der Waals surface area contributed by atoms with E-state index in [1.807, 2.05) is 31.3 Å². The summed E-state index contributed by atoms with van der Waals surface area (Å²) in [6, 6.07) is 8.22. The molecule has 3 nitrogen and oxygen atoms in total. The van der Waals surface area contributed by atoms with E-state index in [4.69, 9.17) is 5.11 Å². The van der Waals surface area contributed by atoms with E-state index in [9.17, 15) is 4.79 Å². The maximum absolute atomic E-state index is 10.6. The Morgan fingerprint density at radius 3 is 2.78 bits per heavy atom. The van der Waals surface area contributed by atoms with Crippen LogP contribution in [0.4, 0.5) is 5.69 Å². The average Bonchev–Trinajstić information content (AvgIpc) is 2.36. The average molecular weight is 265 g/mol. The van der Waals surface area contributed by atoms with E-state index in [-0.39, 0.29) is 0 Å². The van der Waals surface area contributed by atoms with Gasteiger partial charge in [-0.25, -0.2) is 4.79 Å². The zero-order valence-corrected chi connectivity index (χ0v) is 11.8. The van der Waals surface area contributed by atoms with Crippen LogP contribution in [0.3, 0.4) is 0 Å². The highest BCUT2D eigenvalue weighted by Crippen LogP contribution is 2.23. The third-order valence-corrected chi connectivity index (χ3v) is 3.61. The maximum atomic E-state index is 10.6. The van der Waals surface area contributed by atoms with Gasteiger partial charge in [-0.15, -0.1) is 0 Å². The molecule has 0 radical (unpaired) electrons. The number of hydrogen-bond donors (Lipinski definition) is 1. The largest absolute Gasteiger partial charge is 0.478 e. The van der Waals surface area contributed by atoms with Crippen molar-refractivity contribution in [1.82, 2.24) is 0 Å². The molecule has 1 atom stereocenters. The van der Waals surface area contributed by atoms with Gasteiger partial charge in [0.1, 0.15) is 0 Å². The van der Waals surface area contributed by atoms with Crippen molar-refractivity contribution in [1.29, 1.82) is 0 Å². The number of hydrogen-bond acceptors (Lipinski definition) is 3. The van der Waals surface area contributed by atoms with Gasteiger partial charge in [-0.05, 0) is 30.9 Å². The summed E-state index contributed by atoms with van der Waals surface area (Å²) in [6.45, 7) is 2.16. The predicted molar refractivity (Wildman–Crippen MR) is 79.4 cm³/mol. The highest BCUT2D eigenvalue weighted by Gasteiger charge is 2.11. The summed E-state index contributed by atoms with van der Waals surface area (Å²) >= 11 is 1.80. The molecule has 0 spiro atoms. The van der Waals surface area contributed by atoms with Gasteiger partial charge < -0.3 is 10.0 Å². The van der Waals surface area contributed by atoms with Crippen molar-refractivity contribution in [2.24, 2.45) is 0 Å². The van der Waals surface area contributed by atoms with E-state index in [1.165, 1.54) is 6.08 Å². The molecule has 0 aliphatic heterocycles. The fourth-order valence-electron chi connectivity index (χ4n) is 1.70. The molecule has 4 heteroatoms. The standard InChI is InChI=1S/C14H19NO2S/c1-11(10-18-3)15(2)13-7-5-4-6-12(13)8-9-14(16)17/h4-9,11H,10H2,1-3H3,(H,16,17)/b9-8+. The maximum Gasteiger partial charge on any atom is 0.328 e. The lowest BCUT2D eigenvalue weighted by molar-refractivity contribution is -0.131. The van der Waals surface area contributed by atoms with E-state index in [0.717, 1.165) is 17.0 Å². The number of para-hydroxylation sites is 1. The van der Waals surface area contributed by atoms with Crippen molar-refractivity contribution in [2.45, 2.75) is 13.0 Å². The van der Waals surface area contributed by atoms with Gasteiger partial charge >= 0.3 is 5.97 Å². The van der Waals surface area contributed by atoms with Gasteiger partial charge in [0, 0.05) is 30.6 Å². The molecule has 0 amide bonds. The number of carboxylic acids is 1. The molecule has 0 saturated carbocycles. The highest BCUT2D eigenvalue weighted by atomic mass is 32.2. The van der Waals surface area contributed by atoms with Crippen LogP contribution >= 0.6 is 11.8 Å². The number of nitrogens with zero attached hydrogens (tertiary/aromatic N) is 1. The topological polar surface area (TPSA) is 40.5 Å². The quantitative estimate of drug-likeness (QED) is 0.803. The Hall–Kier alpha value is -1.42. The fourth-order valence-corrected chi connectivity index (χ4v) is 2.41. The van der Waals surface area contributed by atoms with E-state index in [2.05, 4.69) is 18.1 Å². The van der Waals surface area contributed by atoms with Crippen molar-refractivity contribution in [3.63, 3.8) is 0 Å². The number of rotatable bonds is 6. The molecule has 1 aromatic rings. The minimum atomic E-state index is -0.926. The van der Waals surface area contributed by atoms with Gasteiger partial charge in [-0.2, -0.15) is 11.8 Å². The van der Waals surface area contributed by atoms with Crippen molar-refractivity contribution >= 4 is 29.5 Å². The Bertz CT molecular complexity index is 432. The van der Waals surface area contributed by atoms with Crippen LogP contribution in [-0.4, -0.2) is 36.2 Å². The molecule has 0 bridgehead atoms. The zero-order valence-electron chi connectivity index (χ0n) is 11.0. The molecule has 1 unspecified atom stereocenters. The third-order valence-electron chi connectivity index (χ3n) is 2.79. The molecule has 0 aliphatic rings. The SMILES string of the molecule is CSCC(C)N(C)c1ccccc1/C=C/C(=O)O. The molecular formula is C14H19NO2S. The molecule has 1 rings (SSSR count). The first-order valence-electron chi connectivity index (χ1n) is 5.78. The highest BCUT2D eigenvalue weighted by molar-refractivity contribution is 7.98. The monoisotopic (exact) mass is 265 g/mol. The van der Waals surface area contributed by atoms with Crippen molar-refractivity contribution in [2.75, 3.05) is 24.0 Å². The third kappa shape index (κ3) is 4.11. The second kappa shape index (κ2) is 7.11. The van der Waals surface area contributed by atoms with E-state index < -0.39 is 5.97 Å². The summed E-state index contributed by atoms with van der Waals surface area (Å²) in [5.41, 5.74) is 1.98. The van der Waals surface area contributed by atoms with Gasteiger partial charge in [0.15, 0.2) is 0 Å². The van der Waals surface area contributed by atoms with Crippen molar-refractivity contribution < 1.29 is 9.90 Å². The minimum Gasteiger partial charge on any atom is -0.478 e. The first-order chi connectivity index (χ1) is 8.56. The molecular weight excluding hydrogens is 246 g/mol.